The Kier molecular flexibility index (Phi) is 4.76. The van der Waals surface area contributed by atoms with Gasteiger partial charge in [-0.1, -0.05) is 42.2 Å². The van der Waals surface area contributed by atoms with Gasteiger partial charge in [0.15, 0.2) is 5.78 Å². The number of hydrogen-bond donors (Lipinski definition) is 1. The molecule has 1 aliphatic heterocycles. The molecule has 4 nitrogen and oxygen atoms in total. The maximum Gasteiger partial charge on any atom is 0.417 e. The first-order valence-corrected chi connectivity index (χ1v) is 8.51. The van der Waals surface area contributed by atoms with E-state index in [1.807, 2.05) is 0 Å². The summed E-state index contributed by atoms with van der Waals surface area (Å²) in [5.41, 5.74) is -0.800. The van der Waals surface area contributed by atoms with E-state index >= 15 is 0 Å². The van der Waals surface area contributed by atoms with Crippen molar-refractivity contribution in [1.29, 1.82) is 0 Å². The second-order valence-electron chi connectivity index (χ2n) is 5.49. The van der Waals surface area contributed by atoms with Crippen molar-refractivity contribution in [1.82, 2.24) is 9.88 Å². The summed E-state index contributed by atoms with van der Waals surface area (Å²) in [6.07, 6.45) is -1.66. The molecule has 0 aliphatic carbocycles. The van der Waals surface area contributed by atoms with Gasteiger partial charge in [0, 0.05) is 30.1 Å². The maximum atomic E-state index is 13.1. The summed E-state index contributed by atoms with van der Waals surface area (Å²) >= 11 is 5.99. The van der Waals surface area contributed by atoms with Crippen molar-refractivity contribution in [3.8, 4) is 0 Å². The second kappa shape index (κ2) is 6.73. The third-order valence-electron chi connectivity index (χ3n) is 3.70. The zero-order chi connectivity index (χ0) is 19.1. The molecule has 1 fully saturated rings. The Balaban J connectivity index is 1.98. The number of thioether (sulfide) groups is 1. The Hall–Kier alpha value is -2.39. The largest absolute Gasteiger partial charge is 0.417 e. The van der Waals surface area contributed by atoms with Crippen LogP contribution in [-0.4, -0.2) is 20.6 Å². The molecule has 0 unspecified atom stereocenters. The average Bonchev–Trinajstić information content (AvgIpc) is 3.08. The van der Waals surface area contributed by atoms with Crippen LogP contribution in [0.2, 0.25) is 0 Å². The van der Waals surface area contributed by atoms with Crippen LogP contribution in [-0.2, 0) is 18.0 Å². The van der Waals surface area contributed by atoms with Crippen molar-refractivity contribution in [2.45, 2.75) is 6.18 Å². The van der Waals surface area contributed by atoms with E-state index in [-0.39, 0.29) is 11.5 Å². The number of rotatable bonds is 3. The van der Waals surface area contributed by atoms with Crippen molar-refractivity contribution in [3.05, 3.63) is 63.8 Å². The number of carbonyl (C=O) groups excluding carboxylic acids is 2. The second-order valence-corrected chi connectivity index (χ2v) is 7.21. The molecule has 2 aromatic rings. The SMILES string of the molecule is Cn1cc(C(=O)c2ccccc2C(F)(F)F)cc1/C=C1\SC(=S)NC1=O. The highest BCUT2D eigenvalue weighted by atomic mass is 32.2. The molecular formula is C17H11F3N2O2S2. The molecule has 0 bridgehead atoms. The first kappa shape index (κ1) is 18.4. The molecular weight excluding hydrogens is 385 g/mol. The Bertz CT molecular complexity index is 961. The van der Waals surface area contributed by atoms with E-state index in [4.69, 9.17) is 12.2 Å². The summed E-state index contributed by atoms with van der Waals surface area (Å²) in [6, 6.07) is 6.08. The summed E-state index contributed by atoms with van der Waals surface area (Å²) in [5.74, 6) is -1.09. The lowest BCUT2D eigenvalue weighted by atomic mass is 9.99. The summed E-state index contributed by atoms with van der Waals surface area (Å²) in [5, 5.41) is 2.47. The van der Waals surface area contributed by atoms with E-state index < -0.39 is 23.1 Å². The molecule has 1 saturated heterocycles. The number of aryl methyl sites for hydroxylation is 1. The summed E-state index contributed by atoms with van der Waals surface area (Å²) in [4.78, 5) is 24.7. The molecule has 134 valence electrons. The Morgan fingerprint density at radius 1 is 1.31 bits per heavy atom. The number of benzene rings is 1. The molecule has 0 atom stereocenters. The average molecular weight is 396 g/mol. The molecule has 26 heavy (non-hydrogen) atoms. The van der Waals surface area contributed by atoms with Gasteiger partial charge in [0.1, 0.15) is 4.32 Å². The predicted octanol–water partition coefficient (Wildman–Crippen LogP) is 3.76. The molecule has 3 rings (SSSR count). The van der Waals surface area contributed by atoms with Gasteiger partial charge in [0.2, 0.25) is 0 Å². The van der Waals surface area contributed by atoms with Crippen LogP contribution in [0.5, 0.6) is 0 Å². The minimum absolute atomic E-state index is 0.0991. The molecule has 1 amide bonds. The zero-order valence-electron chi connectivity index (χ0n) is 13.3. The van der Waals surface area contributed by atoms with Crippen LogP contribution in [0.4, 0.5) is 13.2 Å². The van der Waals surface area contributed by atoms with Gasteiger partial charge in [0.05, 0.1) is 10.5 Å². The van der Waals surface area contributed by atoms with E-state index in [0.717, 1.165) is 23.9 Å². The smallest absolute Gasteiger partial charge is 0.350 e. The lowest BCUT2D eigenvalue weighted by molar-refractivity contribution is -0.137. The van der Waals surface area contributed by atoms with Crippen molar-refractivity contribution in [2.75, 3.05) is 0 Å². The van der Waals surface area contributed by atoms with E-state index in [0.29, 0.717) is 14.9 Å². The van der Waals surface area contributed by atoms with Crippen LogP contribution in [0.25, 0.3) is 6.08 Å². The van der Waals surface area contributed by atoms with Gasteiger partial charge in [0.25, 0.3) is 5.91 Å². The van der Waals surface area contributed by atoms with Gasteiger partial charge < -0.3 is 9.88 Å². The molecule has 0 radical (unpaired) electrons. The van der Waals surface area contributed by atoms with Gasteiger partial charge in [-0.3, -0.25) is 9.59 Å². The van der Waals surface area contributed by atoms with Crippen LogP contribution in [0.15, 0.2) is 41.4 Å². The van der Waals surface area contributed by atoms with Gasteiger partial charge >= 0.3 is 6.18 Å². The molecule has 1 aromatic carbocycles. The van der Waals surface area contributed by atoms with Crippen LogP contribution in [0, 0.1) is 0 Å². The molecule has 0 saturated carbocycles. The molecule has 1 aliphatic rings. The first-order chi connectivity index (χ1) is 12.2. The number of aromatic nitrogens is 1. The lowest BCUT2D eigenvalue weighted by Gasteiger charge is -2.10. The highest BCUT2D eigenvalue weighted by Gasteiger charge is 2.35. The Morgan fingerprint density at radius 3 is 2.62 bits per heavy atom. The number of carbonyl (C=O) groups is 2. The number of alkyl halides is 3. The molecule has 1 aromatic heterocycles. The minimum atomic E-state index is -4.62. The fourth-order valence-corrected chi connectivity index (χ4v) is 3.52. The number of hydrogen-bond acceptors (Lipinski definition) is 4. The maximum absolute atomic E-state index is 13.1. The predicted molar refractivity (Wildman–Crippen MR) is 96.6 cm³/mol. The standard InChI is InChI=1S/C17H11F3N2O2S2/c1-22-8-9(6-10(22)7-13-15(24)21-16(25)26-13)14(23)11-4-2-3-5-12(11)17(18,19)20/h2-8H,1H3,(H,21,24,25)/b13-7-. The highest BCUT2D eigenvalue weighted by Crippen LogP contribution is 2.33. The van der Waals surface area contributed by atoms with Gasteiger partial charge in [-0.25, -0.2) is 0 Å². The number of amides is 1. The number of nitrogens with zero attached hydrogens (tertiary/aromatic N) is 1. The topological polar surface area (TPSA) is 51.1 Å². The monoisotopic (exact) mass is 396 g/mol. The van der Waals surface area contributed by atoms with Gasteiger partial charge in [-0.05, 0) is 18.2 Å². The Morgan fingerprint density at radius 2 is 2.00 bits per heavy atom. The number of halogens is 3. The zero-order valence-corrected chi connectivity index (χ0v) is 14.9. The van der Waals surface area contributed by atoms with Gasteiger partial charge in [-0.2, -0.15) is 13.2 Å². The van der Waals surface area contributed by atoms with Crippen LogP contribution in [0.1, 0.15) is 27.2 Å². The van der Waals surface area contributed by atoms with E-state index in [9.17, 15) is 22.8 Å². The van der Waals surface area contributed by atoms with E-state index in [1.54, 1.807) is 11.6 Å². The normalized spacial score (nSPS) is 16.2. The fourth-order valence-electron chi connectivity index (χ4n) is 2.49. The van der Waals surface area contributed by atoms with Crippen LogP contribution >= 0.6 is 24.0 Å². The quantitative estimate of drug-likeness (QED) is 0.488. The van der Waals surface area contributed by atoms with Crippen molar-refractivity contribution in [3.63, 3.8) is 0 Å². The molecule has 1 N–H and O–H groups in total. The molecule has 0 spiro atoms. The van der Waals surface area contributed by atoms with E-state index in [2.05, 4.69) is 5.32 Å². The van der Waals surface area contributed by atoms with Crippen LogP contribution < -0.4 is 5.32 Å². The van der Waals surface area contributed by atoms with Gasteiger partial charge in [-0.15, -0.1) is 0 Å². The van der Waals surface area contributed by atoms with E-state index in [1.165, 1.54) is 30.5 Å². The number of thiocarbonyl (C=S) groups is 1. The summed E-state index contributed by atoms with van der Waals surface area (Å²) < 4.78 is 41.3. The first-order valence-electron chi connectivity index (χ1n) is 7.29. The number of nitrogens with one attached hydrogen (secondary N) is 1. The lowest BCUT2D eigenvalue weighted by Crippen LogP contribution is -2.17. The Labute approximate surface area is 156 Å². The number of ketones is 1. The van der Waals surface area contributed by atoms with Crippen molar-refractivity contribution < 1.29 is 22.8 Å². The summed E-state index contributed by atoms with van der Waals surface area (Å²) in [6.45, 7) is 0. The molecule has 9 heteroatoms. The highest BCUT2D eigenvalue weighted by molar-refractivity contribution is 8.26. The third-order valence-corrected chi connectivity index (χ3v) is 4.87. The fraction of sp³-hybridized carbons (Fsp3) is 0.118. The van der Waals surface area contributed by atoms with Crippen LogP contribution in [0.3, 0.4) is 0 Å². The van der Waals surface area contributed by atoms with Crippen molar-refractivity contribution in [2.24, 2.45) is 7.05 Å². The van der Waals surface area contributed by atoms with Crippen molar-refractivity contribution >= 4 is 46.1 Å². The minimum Gasteiger partial charge on any atom is -0.350 e. The third kappa shape index (κ3) is 3.58. The molecule has 2 heterocycles. The summed E-state index contributed by atoms with van der Waals surface area (Å²) in [7, 11) is 1.63.